The van der Waals surface area contributed by atoms with Gasteiger partial charge in [0.15, 0.2) is 0 Å². The summed E-state index contributed by atoms with van der Waals surface area (Å²) in [4.78, 5) is 0. The highest BCUT2D eigenvalue weighted by Gasteiger charge is 2.19. The molecule has 21 heavy (non-hydrogen) atoms. The molecule has 5 heteroatoms. The number of hydrogen-bond acceptors (Lipinski definition) is 2. The van der Waals surface area contributed by atoms with Crippen LogP contribution >= 0.6 is 27.5 Å². The van der Waals surface area contributed by atoms with Gasteiger partial charge in [0.05, 0.1) is 16.4 Å². The Balaban J connectivity index is 2.37. The number of likely N-dealkylation sites (N-methyl/N-ethyl adjacent to an activating group) is 1. The van der Waals surface area contributed by atoms with Crippen molar-refractivity contribution >= 4 is 27.5 Å². The van der Waals surface area contributed by atoms with Crippen LogP contribution in [-0.4, -0.2) is 16.3 Å². The standard InChI is InChI=1S/C16H21BrClN3/c1-5-19-14(12-8-10(2)6-7-13(12)17)9-15-16(18)11(3)20-21(15)4/h6-8,14,19H,5,9H2,1-4H3. The van der Waals surface area contributed by atoms with E-state index in [1.54, 1.807) is 0 Å². The van der Waals surface area contributed by atoms with Gasteiger partial charge in [-0.25, -0.2) is 0 Å². The second kappa shape index (κ2) is 6.95. The van der Waals surface area contributed by atoms with Crippen molar-refractivity contribution in [3.63, 3.8) is 0 Å². The molecule has 0 amide bonds. The summed E-state index contributed by atoms with van der Waals surface area (Å²) in [6.07, 6.45) is 0.812. The SMILES string of the molecule is CCNC(Cc1c(Cl)c(C)nn1C)c1cc(C)ccc1Br. The van der Waals surface area contributed by atoms with Crippen molar-refractivity contribution in [3.8, 4) is 0 Å². The first-order valence-electron chi connectivity index (χ1n) is 7.11. The van der Waals surface area contributed by atoms with Gasteiger partial charge in [0.2, 0.25) is 0 Å². The minimum atomic E-state index is 0.205. The number of hydrogen-bond donors (Lipinski definition) is 1. The predicted octanol–water partition coefficient (Wildman–Crippen LogP) is 4.35. The molecule has 0 aliphatic carbocycles. The number of rotatable bonds is 5. The maximum Gasteiger partial charge on any atom is 0.0847 e. The van der Waals surface area contributed by atoms with Crippen LogP contribution in [0.3, 0.4) is 0 Å². The highest BCUT2D eigenvalue weighted by Crippen LogP contribution is 2.30. The molecule has 1 aromatic carbocycles. The molecule has 0 saturated heterocycles. The maximum absolute atomic E-state index is 6.39. The molecule has 3 nitrogen and oxygen atoms in total. The van der Waals surface area contributed by atoms with Crippen molar-refractivity contribution in [1.29, 1.82) is 0 Å². The Hall–Kier alpha value is -0.840. The summed E-state index contributed by atoms with van der Waals surface area (Å²) < 4.78 is 3.00. The smallest absolute Gasteiger partial charge is 0.0847 e. The fourth-order valence-electron chi connectivity index (χ4n) is 2.56. The first kappa shape index (κ1) is 16.5. The van der Waals surface area contributed by atoms with Crippen molar-refractivity contribution in [1.82, 2.24) is 15.1 Å². The van der Waals surface area contributed by atoms with E-state index in [0.717, 1.165) is 33.8 Å². The summed E-state index contributed by atoms with van der Waals surface area (Å²) in [6, 6.07) is 6.63. The summed E-state index contributed by atoms with van der Waals surface area (Å²) >= 11 is 10.1. The van der Waals surface area contributed by atoms with Gasteiger partial charge in [0.1, 0.15) is 0 Å². The Kier molecular flexibility index (Phi) is 5.47. The Bertz CT molecular complexity index is 637. The Morgan fingerprint density at radius 3 is 2.67 bits per heavy atom. The van der Waals surface area contributed by atoms with E-state index >= 15 is 0 Å². The van der Waals surface area contributed by atoms with Gasteiger partial charge in [-0.3, -0.25) is 4.68 Å². The first-order valence-corrected chi connectivity index (χ1v) is 8.28. The fraction of sp³-hybridized carbons (Fsp3) is 0.438. The van der Waals surface area contributed by atoms with Crippen molar-refractivity contribution in [3.05, 3.63) is 50.2 Å². The molecule has 0 bridgehead atoms. The summed E-state index contributed by atoms with van der Waals surface area (Å²) in [7, 11) is 1.95. The zero-order valence-electron chi connectivity index (χ0n) is 12.9. The van der Waals surface area contributed by atoms with Crippen LogP contribution in [0, 0.1) is 13.8 Å². The Morgan fingerprint density at radius 2 is 2.10 bits per heavy atom. The van der Waals surface area contributed by atoms with E-state index in [2.05, 4.69) is 58.4 Å². The summed E-state index contributed by atoms with van der Waals surface area (Å²) in [5.74, 6) is 0. The van der Waals surface area contributed by atoms with E-state index in [4.69, 9.17) is 11.6 Å². The quantitative estimate of drug-likeness (QED) is 0.848. The molecule has 1 aromatic heterocycles. The third kappa shape index (κ3) is 3.68. The Labute approximate surface area is 139 Å². The predicted molar refractivity (Wildman–Crippen MR) is 92.0 cm³/mol. The van der Waals surface area contributed by atoms with Crippen LogP contribution in [0.5, 0.6) is 0 Å². The molecular formula is C16H21BrClN3. The molecule has 1 unspecified atom stereocenters. The summed E-state index contributed by atoms with van der Waals surface area (Å²) in [5.41, 5.74) is 4.46. The maximum atomic E-state index is 6.39. The summed E-state index contributed by atoms with van der Waals surface area (Å²) in [5, 5.41) is 8.72. The van der Waals surface area contributed by atoms with E-state index in [1.165, 1.54) is 11.1 Å². The Morgan fingerprint density at radius 1 is 1.38 bits per heavy atom. The monoisotopic (exact) mass is 369 g/mol. The number of nitrogens with zero attached hydrogens (tertiary/aromatic N) is 2. The van der Waals surface area contributed by atoms with Crippen LogP contribution in [0.4, 0.5) is 0 Å². The van der Waals surface area contributed by atoms with Crippen LogP contribution in [0.25, 0.3) is 0 Å². The second-order valence-corrected chi connectivity index (χ2v) is 6.54. The van der Waals surface area contributed by atoms with E-state index in [9.17, 15) is 0 Å². The van der Waals surface area contributed by atoms with Crippen molar-refractivity contribution in [2.75, 3.05) is 6.54 Å². The van der Waals surface area contributed by atoms with Crippen LogP contribution in [0.15, 0.2) is 22.7 Å². The molecule has 2 aromatic rings. The van der Waals surface area contributed by atoms with Gasteiger partial charge in [-0.15, -0.1) is 0 Å². The van der Waals surface area contributed by atoms with E-state index in [1.807, 2.05) is 18.7 Å². The zero-order chi connectivity index (χ0) is 15.6. The van der Waals surface area contributed by atoms with Crippen LogP contribution < -0.4 is 5.32 Å². The van der Waals surface area contributed by atoms with Crippen molar-refractivity contribution in [2.24, 2.45) is 7.05 Å². The topological polar surface area (TPSA) is 29.9 Å². The van der Waals surface area contributed by atoms with E-state index in [-0.39, 0.29) is 6.04 Å². The summed E-state index contributed by atoms with van der Waals surface area (Å²) in [6.45, 7) is 7.07. The molecular weight excluding hydrogens is 350 g/mol. The normalized spacial score (nSPS) is 12.7. The van der Waals surface area contributed by atoms with Gasteiger partial charge in [0.25, 0.3) is 0 Å². The lowest BCUT2D eigenvalue weighted by Crippen LogP contribution is -2.24. The minimum absolute atomic E-state index is 0.205. The lowest BCUT2D eigenvalue weighted by Gasteiger charge is -2.20. The van der Waals surface area contributed by atoms with Crippen LogP contribution in [0.1, 0.15) is 35.5 Å². The molecule has 1 atom stereocenters. The van der Waals surface area contributed by atoms with Crippen molar-refractivity contribution in [2.45, 2.75) is 33.2 Å². The van der Waals surface area contributed by atoms with Crippen LogP contribution in [0.2, 0.25) is 5.02 Å². The van der Waals surface area contributed by atoms with Crippen molar-refractivity contribution < 1.29 is 0 Å². The number of aromatic nitrogens is 2. The average Bonchev–Trinajstić information content (AvgIpc) is 2.67. The van der Waals surface area contributed by atoms with Gasteiger partial charge in [-0.05, 0) is 32.0 Å². The molecule has 0 aliphatic rings. The molecule has 0 spiro atoms. The molecule has 0 fully saturated rings. The van der Waals surface area contributed by atoms with Gasteiger partial charge < -0.3 is 5.32 Å². The van der Waals surface area contributed by atoms with Gasteiger partial charge in [-0.1, -0.05) is 52.2 Å². The molecule has 0 saturated carbocycles. The third-order valence-corrected chi connectivity index (χ3v) is 4.85. The molecule has 1 N–H and O–H groups in total. The molecule has 0 radical (unpaired) electrons. The second-order valence-electron chi connectivity index (χ2n) is 5.31. The molecule has 2 rings (SSSR count). The highest BCUT2D eigenvalue weighted by atomic mass is 79.9. The fourth-order valence-corrected chi connectivity index (χ4v) is 3.32. The molecule has 1 heterocycles. The van der Waals surface area contributed by atoms with Gasteiger partial charge in [-0.2, -0.15) is 5.10 Å². The average molecular weight is 371 g/mol. The number of halogens is 2. The molecule has 0 aliphatic heterocycles. The number of aryl methyl sites for hydroxylation is 3. The number of nitrogens with one attached hydrogen (secondary N) is 1. The van der Waals surface area contributed by atoms with E-state index in [0.29, 0.717) is 0 Å². The lowest BCUT2D eigenvalue weighted by atomic mass is 10.00. The third-order valence-electron chi connectivity index (χ3n) is 3.64. The largest absolute Gasteiger partial charge is 0.310 e. The van der Waals surface area contributed by atoms with E-state index < -0.39 is 0 Å². The van der Waals surface area contributed by atoms with Gasteiger partial charge >= 0.3 is 0 Å². The van der Waals surface area contributed by atoms with Gasteiger partial charge in [0, 0.05) is 24.0 Å². The minimum Gasteiger partial charge on any atom is -0.310 e. The number of benzene rings is 1. The zero-order valence-corrected chi connectivity index (χ0v) is 15.2. The highest BCUT2D eigenvalue weighted by molar-refractivity contribution is 9.10. The molecule has 114 valence electrons. The lowest BCUT2D eigenvalue weighted by molar-refractivity contribution is 0.527. The first-order chi connectivity index (χ1) is 9.93. The van der Waals surface area contributed by atoms with Crippen LogP contribution in [-0.2, 0) is 13.5 Å².